The second-order valence-electron chi connectivity index (χ2n) is 4.49. The summed E-state index contributed by atoms with van der Waals surface area (Å²) >= 11 is 1.64. The third-order valence-corrected chi connectivity index (χ3v) is 4.24. The van der Waals surface area contributed by atoms with E-state index in [0.29, 0.717) is 0 Å². The number of hydrogen-bond acceptors (Lipinski definition) is 4. The molecule has 3 aromatic rings. The first kappa shape index (κ1) is 12.8. The Labute approximate surface area is 122 Å². The molecule has 0 saturated carbocycles. The molecule has 0 spiro atoms. The van der Waals surface area contributed by atoms with Crippen molar-refractivity contribution >= 4 is 16.5 Å². The molecule has 0 saturated heterocycles. The molecule has 4 heteroatoms. The Bertz CT molecular complexity index is 734. The van der Waals surface area contributed by atoms with Gasteiger partial charge in [0.2, 0.25) is 0 Å². The van der Waals surface area contributed by atoms with E-state index in [0.717, 1.165) is 21.3 Å². The lowest BCUT2D eigenvalue weighted by molar-refractivity contribution is 1.30. The van der Waals surface area contributed by atoms with Gasteiger partial charge in [-0.1, -0.05) is 35.6 Å². The molecule has 2 heterocycles. The summed E-state index contributed by atoms with van der Waals surface area (Å²) in [6.07, 6.45) is 3.74. The molecule has 1 N–H and O–H groups in total. The third-order valence-electron chi connectivity index (χ3n) is 3.19. The fraction of sp³-hybridized carbons (Fsp3) is 0.125. The fourth-order valence-corrected chi connectivity index (χ4v) is 2.97. The second-order valence-corrected chi connectivity index (χ2v) is 5.52. The van der Waals surface area contributed by atoms with E-state index in [-0.39, 0.29) is 0 Å². The quantitative estimate of drug-likeness (QED) is 0.781. The summed E-state index contributed by atoms with van der Waals surface area (Å²) in [6.45, 7) is 2.11. The van der Waals surface area contributed by atoms with Gasteiger partial charge in [-0.15, -0.1) is 0 Å². The molecule has 3 nitrogen and oxygen atoms in total. The zero-order chi connectivity index (χ0) is 13.9. The summed E-state index contributed by atoms with van der Waals surface area (Å²) in [5.74, 6) is 0. The van der Waals surface area contributed by atoms with Gasteiger partial charge < -0.3 is 5.32 Å². The Morgan fingerprint density at radius 2 is 1.80 bits per heavy atom. The average Bonchev–Trinajstić information content (AvgIpc) is 2.97. The molecule has 0 amide bonds. The minimum Gasteiger partial charge on any atom is -0.365 e. The van der Waals surface area contributed by atoms with Gasteiger partial charge in [0.15, 0.2) is 5.13 Å². The normalized spacial score (nSPS) is 10.5. The van der Waals surface area contributed by atoms with Crippen LogP contribution in [0, 0.1) is 6.92 Å². The van der Waals surface area contributed by atoms with Crippen LogP contribution in [0.2, 0.25) is 0 Å². The van der Waals surface area contributed by atoms with Gasteiger partial charge in [0, 0.05) is 30.6 Å². The van der Waals surface area contributed by atoms with Gasteiger partial charge in [0.25, 0.3) is 0 Å². The number of aryl methyl sites for hydroxylation is 1. The maximum atomic E-state index is 4.58. The van der Waals surface area contributed by atoms with Crippen LogP contribution in [0.3, 0.4) is 0 Å². The summed E-state index contributed by atoms with van der Waals surface area (Å²) < 4.78 is 0. The fourth-order valence-electron chi connectivity index (χ4n) is 2.17. The Balaban J connectivity index is 2.16. The zero-order valence-electron chi connectivity index (χ0n) is 11.4. The number of nitrogens with one attached hydrogen (secondary N) is 1. The summed E-state index contributed by atoms with van der Waals surface area (Å²) in [5, 5.41) is 3.99. The van der Waals surface area contributed by atoms with Gasteiger partial charge >= 0.3 is 0 Å². The van der Waals surface area contributed by atoms with Crippen LogP contribution in [0.15, 0.2) is 48.8 Å². The predicted octanol–water partition coefficient (Wildman–Crippen LogP) is 4.22. The van der Waals surface area contributed by atoms with Gasteiger partial charge in [0.1, 0.15) is 0 Å². The van der Waals surface area contributed by atoms with Crippen molar-refractivity contribution in [1.82, 2.24) is 9.97 Å². The molecule has 0 bridgehead atoms. The number of benzene rings is 1. The topological polar surface area (TPSA) is 37.8 Å². The summed E-state index contributed by atoms with van der Waals surface area (Å²) in [5.41, 5.74) is 4.53. The molecule has 3 rings (SSSR count). The molecule has 20 heavy (non-hydrogen) atoms. The molecule has 0 aliphatic rings. The van der Waals surface area contributed by atoms with E-state index in [1.807, 2.05) is 37.6 Å². The Kier molecular flexibility index (Phi) is 3.48. The van der Waals surface area contributed by atoms with E-state index < -0.39 is 0 Å². The molecule has 0 atom stereocenters. The van der Waals surface area contributed by atoms with Gasteiger partial charge in [0.05, 0.1) is 10.6 Å². The van der Waals surface area contributed by atoms with Crippen molar-refractivity contribution in [3.05, 3.63) is 54.4 Å². The van der Waals surface area contributed by atoms with Crippen LogP contribution >= 0.6 is 11.3 Å². The van der Waals surface area contributed by atoms with E-state index in [2.05, 4.69) is 40.4 Å². The van der Waals surface area contributed by atoms with Crippen molar-refractivity contribution < 1.29 is 0 Å². The Morgan fingerprint density at radius 1 is 1.00 bits per heavy atom. The molecule has 0 aliphatic heterocycles. The lowest BCUT2D eigenvalue weighted by Crippen LogP contribution is -1.89. The molecule has 1 aromatic carbocycles. The molecule has 0 fully saturated rings. The first-order valence-corrected chi connectivity index (χ1v) is 7.26. The molecule has 100 valence electrons. The van der Waals surface area contributed by atoms with Crippen LogP contribution in [-0.4, -0.2) is 17.0 Å². The number of pyridine rings is 1. The van der Waals surface area contributed by atoms with Gasteiger partial charge in [-0.3, -0.25) is 4.98 Å². The first-order valence-electron chi connectivity index (χ1n) is 6.44. The van der Waals surface area contributed by atoms with Crippen LogP contribution in [0.4, 0.5) is 5.13 Å². The van der Waals surface area contributed by atoms with Crippen molar-refractivity contribution in [3.8, 4) is 21.7 Å². The Morgan fingerprint density at radius 3 is 2.55 bits per heavy atom. The van der Waals surface area contributed by atoms with E-state index in [1.165, 1.54) is 11.1 Å². The molecular formula is C16H15N3S. The lowest BCUT2D eigenvalue weighted by atomic mass is 10.0. The minimum absolute atomic E-state index is 0.916. The van der Waals surface area contributed by atoms with Crippen molar-refractivity contribution in [3.63, 3.8) is 0 Å². The predicted molar refractivity (Wildman–Crippen MR) is 85.1 cm³/mol. The summed E-state index contributed by atoms with van der Waals surface area (Å²) in [7, 11) is 1.88. The number of rotatable bonds is 3. The number of thiazole rings is 1. The third kappa shape index (κ3) is 2.30. The van der Waals surface area contributed by atoms with Gasteiger partial charge in [-0.05, 0) is 24.6 Å². The smallest absolute Gasteiger partial charge is 0.182 e. The highest BCUT2D eigenvalue weighted by molar-refractivity contribution is 7.18. The highest BCUT2D eigenvalue weighted by Crippen LogP contribution is 2.35. The van der Waals surface area contributed by atoms with E-state index in [9.17, 15) is 0 Å². The van der Waals surface area contributed by atoms with Crippen molar-refractivity contribution in [2.24, 2.45) is 0 Å². The second kappa shape index (κ2) is 5.43. The monoisotopic (exact) mass is 281 g/mol. The number of anilines is 1. The summed E-state index contributed by atoms with van der Waals surface area (Å²) in [6, 6.07) is 12.4. The van der Waals surface area contributed by atoms with Crippen LogP contribution in [0.25, 0.3) is 21.7 Å². The van der Waals surface area contributed by atoms with Crippen molar-refractivity contribution in [2.75, 3.05) is 12.4 Å². The summed E-state index contributed by atoms with van der Waals surface area (Å²) in [4.78, 5) is 10.1. The highest BCUT2D eigenvalue weighted by Gasteiger charge is 2.12. The maximum Gasteiger partial charge on any atom is 0.182 e. The average molecular weight is 281 g/mol. The number of hydrogen-bond donors (Lipinski definition) is 1. The van der Waals surface area contributed by atoms with Crippen LogP contribution < -0.4 is 5.32 Å². The molecule has 0 unspecified atom stereocenters. The van der Waals surface area contributed by atoms with Gasteiger partial charge in [-0.25, -0.2) is 4.98 Å². The van der Waals surface area contributed by atoms with E-state index in [4.69, 9.17) is 0 Å². The largest absolute Gasteiger partial charge is 0.365 e. The number of nitrogens with zero attached hydrogens (tertiary/aromatic N) is 2. The molecular weight excluding hydrogens is 266 g/mol. The minimum atomic E-state index is 0.916. The van der Waals surface area contributed by atoms with E-state index >= 15 is 0 Å². The SMILES string of the molecule is CNc1ncc(-c2cccnc2-c2ccccc2C)s1. The van der Waals surface area contributed by atoms with Crippen molar-refractivity contribution in [1.29, 1.82) is 0 Å². The zero-order valence-corrected chi connectivity index (χ0v) is 12.2. The van der Waals surface area contributed by atoms with Crippen LogP contribution in [0.1, 0.15) is 5.56 Å². The standard InChI is InChI=1S/C16H15N3S/c1-11-6-3-4-7-12(11)15-13(8-5-9-18-15)14-10-19-16(17-2)20-14/h3-10H,1-2H3,(H,17,19). The highest BCUT2D eigenvalue weighted by atomic mass is 32.1. The van der Waals surface area contributed by atoms with Crippen LogP contribution in [-0.2, 0) is 0 Å². The molecule has 0 aliphatic carbocycles. The number of aromatic nitrogens is 2. The van der Waals surface area contributed by atoms with E-state index in [1.54, 1.807) is 11.3 Å². The first-order chi connectivity index (χ1) is 9.79. The maximum absolute atomic E-state index is 4.58. The molecule has 2 aromatic heterocycles. The molecule has 0 radical (unpaired) electrons. The van der Waals surface area contributed by atoms with Crippen LogP contribution in [0.5, 0.6) is 0 Å². The van der Waals surface area contributed by atoms with Gasteiger partial charge in [-0.2, -0.15) is 0 Å². The Hall–Kier alpha value is -2.20. The van der Waals surface area contributed by atoms with Crippen molar-refractivity contribution in [2.45, 2.75) is 6.92 Å². The lowest BCUT2D eigenvalue weighted by Gasteiger charge is -2.09.